The molecule has 0 aliphatic heterocycles. The SMILES string of the molecule is CS(=O)(=O)Nc1cccc(NS(=O)(=O)c2cc(O)c(N=[N+]=[N-])cc2Cl)c1. The quantitative estimate of drug-likeness (QED) is 0.373. The summed E-state index contributed by atoms with van der Waals surface area (Å²) < 4.78 is 51.9. The third-order valence-corrected chi connectivity index (χ3v) is 5.34. The molecule has 0 fully saturated rings. The summed E-state index contributed by atoms with van der Waals surface area (Å²) in [5.74, 6) is -0.569. The minimum atomic E-state index is -4.21. The Labute approximate surface area is 154 Å². The highest BCUT2D eigenvalue weighted by Gasteiger charge is 2.21. The molecule has 2 aromatic carbocycles. The van der Waals surface area contributed by atoms with Crippen molar-refractivity contribution in [3.63, 3.8) is 0 Å². The zero-order valence-electron chi connectivity index (χ0n) is 13.1. The maximum Gasteiger partial charge on any atom is 0.263 e. The van der Waals surface area contributed by atoms with E-state index >= 15 is 0 Å². The number of sulfonamides is 2. The van der Waals surface area contributed by atoms with Gasteiger partial charge in [-0.05, 0) is 29.8 Å². The van der Waals surface area contributed by atoms with Crippen LogP contribution in [0.1, 0.15) is 0 Å². The second kappa shape index (κ2) is 7.30. The highest BCUT2D eigenvalue weighted by Crippen LogP contribution is 2.35. The molecular formula is C13H12ClN5O5S2. The van der Waals surface area contributed by atoms with E-state index in [-0.39, 0.29) is 22.1 Å². The van der Waals surface area contributed by atoms with Crippen molar-refractivity contribution in [2.45, 2.75) is 4.90 Å². The van der Waals surface area contributed by atoms with E-state index in [9.17, 15) is 21.9 Å². The molecule has 0 radical (unpaired) electrons. The highest BCUT2D eigenvalue weighted by molar-refractivity contribution is 7.93. The molecule has 10 nitrogen and oxygen atoms in total. The summed E-state index contributed by atoms with van der Waals surface area (Å²) in [6.45, 7) is 0. The van der Waals surface area contributed by atoms with E-state index in [0.717, 1.165) is 18.4 Å². The number of nitrogens with zero attached hydrogens (tertiary/aromatic N) is 3. The van der Waals surface area contributed by atoms with Crippen molar-refractivity contribution in [1.82, 2.24) is 0 Å². The van der Waals surface area contributed by atoms with Crippen LogP contribution < -0.4 is 9.44 Å². The first-order valence-electron chi connectivity index (χ1n) is 6.70. The zero-order chi connectivity index (χ0) is 19.5. The molecule has 0 atom stereocenters. The van der Waals surface area contributed by atoms with E-state index in [2.05, 4.69) is 19.5 Å². The van der Waals surface area contributed by atoms with E-state index in [1.165, 1.54) is 24.3 Å². The van der Waals surface area contributed by atoms with Crippen molar-refractivity contribution < 1.29 is 21.9 Å². The van der Waals surface area contributed by atoms with Crippen molar-refractivity contribution in [2.75, 3.05) is 15.7 Å². The normalized spacial score (nSPS) is 11.5. The molecule has 0 spiro atoms. The molecule has 0 bridgehead atoms. The Morgan fingerprint density at radius 1 is 1.12 bits per heavy atom. The van der Waals surface area contributed by atoms with Crippen LogP contribution in [0.25, 0.3) is 10.4 Å². The summed E-state index contributed by atoms with van der Waals surface area (Å²) in [6, 6.07) is 7.38. The van der Waals surface area contributed by atoms with Crippen LogP contribution in [-0.2, 0) is 20.0 Å². The number of aromatic hydroxyl groups is 1. The van der Waals surface area contributed by atoms with Crippen molar-refractivity contribution in [3.8, 4) is 5.75 Å². The van der Waals surface area contributed by atoms with E-state index in [1.54, 1.807) is 0 Å². The summed E-state index contributed by atoms with van der Waals surface area (Å²) in [4.78, 5) is 2.04. The third-order valence-electron chi connectivity index (χ3n) is 2.89. The monoisotopic (exact) mass is 417 g/mol. The molecule has 0 amide bonds. The van der Waals surface area contributed by atoms with Gasteiger partial charge in [-0.1, -0.05) is 22.8 Å². The van der Waals surface area contributed by atoms with E-state index in [1.807, 2.05) is 0 Å². The standard InChI is InChI=1S/C13H12ClN5O5S2/c1-25(21,22)17-8-3-2-4-9(5-8)18-26(23,24)13-7-12(20)11(16-19-15)6-10(13)14/h2-7,17-18,20H,1H3. The van der Waals surface area contributed by atoms with Crippen LogP contribution in [0.5, 0.6) is 5.75 Å². The number of hydrogen-bond acceptors (Lipinski definition) is 6. The Morgan fingerprint density at radius 2 is 1.73 bits per heavy atom. The van der Waals surface area contributed by atoms with E-state index in [0.29, 0.717) is 0 Å². The van der Waals surface area contributed by atoms with Crippen LogP contribution in [0.4, 0.5) is 17.1 Å². The van der Waals surface area contributed by atoms with E-state index in [4.69, 9.17) is 17.1 Å². The van der Waals surface area contributed by atoms with Gasteiger partial charge in [0.1, 0.15) is 10.6 Å². The summed E-state index contributed by atoms with van der Waals surface area (Å²) in [6.07, 6.45) is 0.956. The Morgan fingerprint density at radius 3 is 2.31 bits per heavy atom. The Bertz CT molecular complexity index is 1110. The average Bonchev–Trinajstić information content (AvgIpc) is 2.49. The largest absolute Gasteiger partial charge is 0.507 e. The number of anilines is 2. The first-order chi connectivity index (χ1) is 12.0. The zero-order valence-corrected chi connectivity index (χ0v) is 15.5. The maximum atomic E-state index is 12.5. The fourth-order valence-corrected chi connectivity index (χ4v) is 4.08. The molecule has 0 unspecified atom stereocenters. The van der Waals surface area contributed by atoms with Crippen molar-refractivity contribution >= 4 is 48.7 Å². The summed E-state index contributed by atoms with van der Waals surface area (Å²) in [5.41, 5.74) is 8.38. The van der Waals surface area contributed by atoms with Crippen LogP contribution in [0, 0.1) is 0 Å². The van der Waals surface area contributed by atoms with Gasteiger partial charge in [-0.25, -0.2) is 16.8 Å². The van der Waals surface area contributed by atoms with Gasteiger partial charge in [0.05, 0.1) is 28.3 Å². The molecule has 0 saturated carbocycles. The number of azide groups is 1. The molecule has 13 heteroatoms. The van der Waals surface area contributed by atoms with Gasteiger partial charge >= 0.3 is 0 Å². The summed E-state index contributed by atoms with van der Waals surface area (Å²) in [5, 5.41) is 12.7. The number of hydrogen-bond donors (Lipinski definition) is 3. The van der Waals surface area contributed by atoms with Crippen LogP contribution in [-0.4, -0.2) is 28.2 Å². The van der Waals surface area contributed by atoms with Crippen molar-refractivity contribution in [1.29, 1.82) is 0 Å². The van der Waals surface area contributed by atoms with Gasteiger partial charge in [-0.15, -0.1) is 0 Å². The smallest absolute Gasteiger partial charge is 0.263 e. The minimum Gasteiger partial charge on any atom is -0.507 e. The van der Waals surface area contributed by atoms with E-state index < -0.39 is 30.7 Å². The number of halogens is 1. The predicted octanol–water partition coefficient (Wildman–Crippen LogP) is 3.16. The molecule has 2 rings (SSSR count). The number of rotatable bonds is 6. The molecule has 26 heavy (non-hydrogen) atoms. The summed E-state index contributed by atoms with van der Waals surface area (Å²) in [7, 11) is -7.75. The Kier molecular flexibility index (Phi) is 5.52. The Balaban J connectivity index is 2.39. The van der Waals surface area contributed by atoms with Crippen LogP contribution in [0.2, 0.25) is 5.02 Å². The molecule has 0 aliphatic rings. The van der Waals surface area contributed by atoms with Gasteiger partial charge in [0.2, 0.25) is 10.0 Å². The maximum absolute atomic E-state index is 12.5. The fraction of sp³-hybridized carbons (Fsp3) is 0.0769. The number of benzene rings is 2. The van der Waals surface area contributed by atoms with Gasteiger partial charge in [-0.3, -0.25) is 9.44 Å². The van der Waals surface area contributed by atoms with Crippen LogP contribution >= 0.6 is 11.6 Å². The lowest BCUT2D eigenvalue weighted by Gasteiger charge is -2.12. The molecule has 0 aliphatic carbocycles. The molecular weight excluding hydrogens is 406 g/mol. The number of phenolic OH excluding ortho intramolecular Hbond substituents is 1. The van der Waals surface area contributed by atoms with Gasteiger partial charge in [0.25, 0.3) is 10.0 Å². The summed E-state index contributed by atoms with van der Waals surface area (Å²) >= 11 is 5.90. The lowest BCUT2D eigenvalue weighted by molar-refractivity contribution is 0.474. The van der Waals surface area contributed by atoms with Gasteiger partial charge < -0.3 is 5.11 Å². The van der Waals surface area contributed by atoms with Crippen molar-refractivity contribution in [3.05, 3.63) is 51.9 Å². The second-order valence-electron chi connectivity index (χ2n) is 5.02. The van der Waals surface area contributed by atoms with Crippen molar-refractivity contribution in [2.24, 2.45) is 5.11 Å². The third kappa shape index (κ3) is 4.92. The average molecular weight is 418 g/mol. The number of phenols is 1. The van der Waals surface area contributed by atoms with Gasteiger partial charge in [0, 0.05) is 11.0 Å². The molecule has 0 saturated heterocycles. The second-order valence-corrected chi connectivity index (χ2v) is 8.83. The lowest BCUT2D eigenvalue weighted by Crippen LogP contribution is -2.14. The molecule has 3 N–H and O–H groups in total. The predicted molar refractivity (Wildman–Crippen MR) is 97.6 cm³/mol. The van der Waals surface area contributed by atoms with Gasteiger partial charge in [-0.2, -0.15) is 0 Å². The molecule has 2 aromatic rings. The topological polar surface area (TPSA) is 161 Å². The minimum absolute atomic E-state index is 0.0633. The number of nitrogens with one attached hydrogen (secondary N) is 2. The highest BCUT2D eigenvalue weighted by atomic mass is 35.5. The Hall–Kier alpha value is -2.66. The van der Waals surface area contributed by atoms with Gasteiger partial charge in [0.15, 0.2) is 0 Å². The molecule has 0 heterocycles. The van der Waals surface area contributed by atoms with Crippen LogP contribution in [0.3, 0.4) is 0 Å². The van der Waals surface area contributed by atoms with Crippen LogP contribution in [0.15, 0.2) is 46.4 Å². The lowest BCUT2D eigenvalue weighted by atomic mass is 10.3. The first kappa shape index (κ1) is 19.7. The molecule has 138 valence electrons. The first-order valence-corrected chi connectivity index (χ1v) is 10.5. The molecule has 0 aromatic heterocycles. The fourth-order valence-electron chi connectivity index (χ4n) is 1.94.